The van der Waals surface area contributed by atoms with Crippen molar-refractivity contribution >= 4 is 11.3 Å². The molecule has 108 valence electrons. The van der Waals surface area contributed by atoms with Crippen LogP contribution in [0.3, 0.4) is 0 Å². The lowest BCUT2D eigenvalue weighted by Gasteiger charge is -2.02. The molecule has 0 bridgehead atoms. The zero-order chi connectivity index (χ0) is 14.7. The standard InChI is InChI=1S/C14H14N4O2S/c1-19-12-5-4-9(8-16-12)7-11-17-14(20-18-11)13(15)10-3-2-6-21-10/h2-6,8,13H,7,15H2,1H3. The zero-order valence-electron chi connectivity index (χ0n) is 11.4. The fourth-order valence-electron chi connectivity index (χ4n) is 1.87. The van der Waals surface area contributed by atoms with Crippen LogP contribution in [0.2, 0.25) is 0 Å². The van der Waals surface area contributed by atoms with Crippen LogP contribution in [0.25, 0.3) is 0 Å². The van der Waals surface area contributed by atoms with Gasteiger partial charge < -0.3 is 15.0 Å². The number of rotatable bonds is 5. The monoisotopic (exact) mass is 302 g/mol. The molecule has 0 amide bonds. The Balaban J connectivity index is 1.72. The molecule has 0 fully saturated rings. The van der Waals surface area contributed by atoms with Gasteiger partial charge in [0.05, 0.1) is 7.11 Å². The molecule has 3 rings (SSSR count). The van der Waals surface area contributed by atoms with Crippen molar-refractivity contribution in [3.05, 3.63) is 58.0 Å². The van der Waals surface area contributed by atoms with E-state index >= 15 is 0 Å². The van der Waals surface area contributed by atoms with Gasteiger partial charge >= 0.3 is 0 Å². The van der Waals surface area contributed by atoms with Crippen LogP contribution < -0.4 is 10.5 Å². The highest BCUT2D eigenvalue weighted by atomic mass is 32.1. The van der Waals surface area contributed by atoms with Gasteiger partial charge in [-0.2, -0.15) is 4.98 Å². The van der Waals surface area contributed by atoms with E-state index in [9.17, 15) is 0 Å². The number of aromatic nitrogens is 3. The highest BCUT2D eigenvalue weighted by Gasteiger charge is 2.17. The Morgan fingerprint density at radius 1 is 1.38 bits per heavy atom. The van der Waals surface area contributed by atoms with Crippen molar-refractivity contribution in [2.75, 3.05) is 7.11 Å². The van der Waals surface area contributed by atoms with E-state index < -0.39 is 0 Å². The number of nitrogens with zero attached hydrogens (tertiary/aromatic N) is 3. The van der Waals surface area contributed by atoms with Crippen LogP contribution >= 0.6 is 11.3 Å². The van der Waals surface area contributed by atoms with Gasteiger partial charge in [0.15, 0.2) is 5.82 Å². The quantitative estimate of drug-likeness (QED) is 0.777. The summed E-state index contributed by atoms with van der Waals surface area (Å²) in [4.78, 5) is 9.49. The van der Waals surface area contributed by atoms with Crippen molar-refractivity contribution in [2.45, 2.75) is 12.5 Å². The third-order valence-corrected chi connectivity index (χ3v) is 3.92. The molecule has 1 atom stereocenters. The van der Waals surface area contributed by atoms with Crippen molar-refractivity contribution in [3.63, 3.8) is 0 Å². The fraction of sp³-hybridized carbons (Fsp3) is 0.214. The molecule has 6 nitrogen and oxygen atoms in total. The predicted octanol–water partition coefficient (Wildman–Crippen LogP) is 2.17. The van der Waals surface area contributed by atoms with Crippen molar-refractivity contribution in [1.29, 1.82) is 0 Å². The van der Waals surface area contributed by atoms with E-state index in [0.29, 0.717) is 24.0 Å². The van der Waals surface area contributed by atoms with Crippen LogP contribution in [0.4, 0.5) is 0 Å². The molecule has 0 radical (unpaired) electrons. The molecule has 2 N–H and O–H groups in total. The molecule has 0 aliphatic heterocycles. The molecule has 0 aliphatic rings. The number of pyridine rings is 1. The van der Waals surface area contributed by atoms with Crippen molar-refractivity contribution < 1.29 is 9.26 Å². The minimum atomic E-state index is -0.375. The van der Waals surface area contributed by atoms with Gasteiger partial charge in [-0.3, -0.25) is 0 Å². The summed E-state index contributed by atoms with van der Waals surface area (Å²) in [6.45, 7) is 0. The Labute approximate surface area is 125 Å². The van der Waals surface area contributed by atoms with E-state index in [2.05, 4.69) is 15.1 Å². The second-order valence-corrected chi connectivity index (χ2v) is 5.41. The summed E-state index contributed by atoms with van der Waals surface area (Å²) in [7, 11) is 1.58. The van der Waals surface area contributed by atoms with Crippen molar-refractivity contribution in [3.8, 4) is 5.88 Å². The minimum absolute atomic E-state index is 0.375. The zero-order valence-corrected chi connectivity index (χ0v) is 12.2. The SMILES string of the molecule is COc1ccc(Cc2noc(C(N)c3cccs3)n2)cn1. The highest BCUT2D eigenvalue weighted by molar-refractivity contribution is 7.10. The van der Waals surface area contributed by atoms with Crippen LogP contribution in [0.5, 0.6) is 5.88 Å². The van der Waals surface area contributed by atoms with E-state index in [1.807, 2.05) is 23.6 Å². The van der Waals surface area contributed by atoms with E-state index in [1.54, 1.807) is 30.7 Å². The maximum atomic E-state index is 6.09. The molecule has 3 aromatic rings. The molecular weight excluding hydrogens is 288 g/mol. The van der Waals surface area contributed by atoms with E-state index in [-0.39, 0.29) is 6.04 Å². The van der Waals surface area contributed by atoms with Crippen LogP contribution in [0, 0.1) is 0 Å². The van der Waals surface area contributed by atoms with E-state index in [1.165, 1.54) is 0 Å². The first-order valence-corrected chi connectivity index (χ1v) is 7.24. The van der Waals surface area contributed by atoms with Gasteiger partial charge in [-0.05, 0) is 17.0 Å². The van der Waals surface area contributed by atoms with E-state index in [4.69, 9.17) is 15.0 Å². The molecule has 0 aromatic carbocycles. The second-order valence-electron chi connectivity index (χ2n) is 4.43. The number of hydrogen-bond acceptors (Lipinski definition) is 7. The summed E-state index contributed by atoms with van der Waals surface area (Å²) < 4.78 is 10.3. The number of methoxy groups -OCH3 is 1. The summed E-state index contributed by atoms with van der Waals surface area (Å²) in [5.41, 5.74) is 7.07. The first kappa shape index (κ1) is 13.7. The Morgan fingerprint density at radius 2 is 2.29 bits per heavy atom. The second kappa shape index (κ2) is 6.02. The van der Waals surface area contributed by atoms with Crippen molar-refractivity contribution in [2.24, 2.45) is 5.73 Å². The molecule has 21 heavy (non-hydrogen) atoms. The Bertz CT molecular complexity index is 694. The Hall–Kier alpha value is -2.25. The lowest BCUT2D eigenvalue weighted by Crippen LogP contribution is -2.10. The maximum Gasteiger partial charge on any atom is 0.248 e. The van der Waals surface area contributed by atoms with Gasteiger partial charge in [-0.15, -0.1) is 11.3 Å². The fourth-order valence-corrected chi connectivity index (χ4v) is 2.59. The highest BCUT2D eigenvalue weighted by Crippen LogP contribution is 2.22. The Kier molecular flexibility index (Phi) is 3.94. The van der Waals surface area contributed by atoms with Crippen LogP contribution in [0.1, 0.15) is 28.2 Å². The lowest BCUT2D eigenvalue weighted by molar-refractivity contribution is 0.364. The topological polar surface area (TPSA) is 87.1 Å². The molecule has 0 saturated heterocycles. The van der Waals surface area contributed by atoms with E-state index in [0.717, 1.165) is 10.4 Å². The predicted molar refractivity (Wildman–Crippen MR) is 78.2 cm³/mol. The van der Waals surface area contributed by atoms with Gasteiger partial charge in [0.2, 0.25) is 11.8 Å². The Morgan fingerprint density at radius 3 is 2.95 bits per heavy atom. The van der Waals surface area contributed by atoms with Gasteiger partial charge in [-0.25, -0.2) is 4.98 Å². The van der Waals surface area contributed by atoms with Gasteiger partial charge in [0, 0.05) is 23.6 Å². The number of hydrogen-bond donors (Lipinski definition) is 1. The molecule has 3 heterocycles. The van der Waals surface area contributed by atoms with Gasteiger partial charge in [0.25, 0.3) is 0 Å². The molecule has 0 saturated carbocycles. The largest absolute Gasteiger partial charge is 0.481 e. The van der Waals surface area contributed by atoms with Crippen LogP contribution in [-0.2, 0) is 6.42 Å². The molecule has 0 spiro atoms. The van der Waals surface area contributed by atoms with Crippen LogP contribution in [0.15, 0.2) is 40.4 Å². The lowest BCUT2D eigenvalue weighted by atomic mass is 10.2. The summed E-state index contributed by atoms with van der Waals surface area (Å²) >= 11 is 1.57. The summed E-state index contributed by atoms with van der Waals surface area (Å²) in [5.74, 6) is 1.59. The maximum absolute atomic E-state index is 6.09. The number of nitrogens with two attached hydrogens (primary N) is 1. The average molecular weight is 302 g/mol. The molecule has 7 heteroatoms. The smallest absolute Gasteiger partial charge is 0.248 e. The molecule has 3 aromatic heterocycles. The normalized spacial score (nSPS) is 12.3. The summed E-state index contributed by atoms with van der Waals surface area (Å²) in [6.07, 6.45) is 2.27. The van der Waals surface area contributed by atoms with Gasteiger partial charge in [0.1, 0.15) is 6.04 Å². The average Bonchev–Trinajstić information content (AvgIpc) is 3.19. The first-order chi connectivity index (χ1) is 10.3. The summed E-state index contributed by atoms with van der Waals surface area (Å²) in [5, 5.41) is 5.93. The summed E-state index contributed by atoms with van der Waals surface area (Å²) in [6, 6.07) is 7.24. The third kappa shape index (κ3) is 3.09. The third-order valence-electron chi connectivity index (χ3n) is 2.97. The van der Waals surface area contributed by atoms with Crippen LogP contribution in [-0.4, -0.2) is 22.2 Å². The van der Waals surface area contributed by atoms with Gasteiger partial charge in [-0.1, -0.05) is 17.3 Å². The molecular formula is C14H14N4O2S. The number of ether oxygens (including phenoxy) is 1. The molecule has 0 aliphatic carbocycles. The molecule has 1 unspecified atom stereocenters. The minimum Gasteiger partial charge on any atom is -0.481 e. The first-order valence-electron chi connectivity index (χ1n) is 6.36. The number of thiophene rings is 1. The van der Waals surface area contributed by atoms with Crippen molar-refractivity contribution in [1.82, 2.24) is 15.1 Å².